The number of nitrogens with zero attached hydrogens (tertiary/aromatic N) is 7. The van der Waals surface area contributed by atoms with Gasteiger partial charge in [0.25, 0.3) is 0 Å². The maximum absolute atomic E-state index is 13.9. The molecule has 5 rings (SSSR count). The molecule has 0 saturated carbocycles. The summed E-state index contributed by atoms with van der Waals surface area (Å²) in [5.41, 5.74) is 4.09. The van der Waals surface area contributed by atoms with Gasteiger partial charge >= 0.3 is 11.7 Å². The Kier molecular flexibility index (Phi) is 6.98. The number of pyridine rings is 1. The van der Waals surface area contributed by atoms with Crippen LogP contribution in [-0.2, 0) is 19.5 Å². The minimum atomic E-state index is -1.07. The zero-order chi connectivity index (χ0) is 26.6. The van der Waals surface area contributed by atoms with Gasteiger partial charge in [-0.25, -0.2) is 14.7 Å². The SMILES string of the molecule is CCCCc1cn(-c2c(C(=O)O)ccn2CC)c(=O)n1Cc1cnccc1-c1ccccc1-c1nnn[nH]1. The van der Waals surface area contributed by atoms with Crippen LogP contribution in [0.15, 0.2) is 66.0 Å². The Bertz CT molecular complexity index is 1630. The van der Waals surface area contributed by atoms with Crippen molar-refractivity contribution in [1.82, 2.24) is 39.3 Å². The van der Waals surface area contributed by atoms with E-state index in [9.17, 15) is 14.7 Å². The van der Waals surface area contributed by atoms with Gasteiger partial charge in [-0.3, -0.25) is 14.1 Å². The van der Waals surface area contributed by atoms with Crippen LogP contribution in [0, 0.1) is 0 Å². The van der Waals surface area contributed by atoms with E-state index in [1.54, 1.807) is 33.9 Å². The molecule has 0 bridgehead atoms. The molecule has 11 heteroatoms. The number of imidazole rings is 1. The number of aryl methyl sites for hydroxylation is 2. The number of carbonyl (C=O) groups is 1. The predicted molar refractivity (Wildman–Crippen MR) is 141 cm³/mol. The zero-order valence-corrected chi connectivity index (χ0v) is 21.2. The molecule has 0 atom stereocenters. The second kappa shape index (κ2) is 10.7. The number of aromatic amines is 1. The summed E-state index contributed by atoms with van der Waals surface area (Å²) in [6, 6.07) is 11.2. The number of rotatable bonds is 10. The van der Waals surface area contributed by atoms with Gasteiger partial charge in [-0.2, -0.15) is 0 Å². The van der Waals surface area contributed by atoms with Crippen molar-refractivity contribution in [2.45, 2.75) is 46.2 Å². The second-order valence-corrected chi connectivity index (χ2v) is 8.94. The lowest BCUT2D eigenvalue weighted by molar-refractivity contribution is 0.0697. The fraction of sp³-hybridized carbons (Fsp3) is 0.259. The number of carboxylic acid groups (broad SMARTS) is 1. The van der Waals surface area contributed by atoms with Crippen LogP contribution in [0.5, 0.6) is 0 Å². The van der Waals surface area contributed by atoms with Gasteiger partial charge in [-0.1, -0.05) is 37.6 Å². The monoisotopic (exact) mass is 512 g/mol. The Morgan fingerprint density at radius 2 is 1.89 bits per heavy atom. The predicted octanol–water partition coefficient (Wildman–Crippen LogP) is 3.79. The molecule has 0 radical (unpaired) electrons. The maximum Gasteiger partial charge on any atom is 0.339 e. The van der Waals surface area contributed by atoms with Crippen molar-refractivity contribution < 1.29 is 9.90 Å². The third kappa shape index (κ3) is 4.54. The Morgan fingerprint density at radius 1 is 1.08 bits per heavy atom. The minimum Gasteiger partial charge on any atom is -0.478 e. The zero-order valence-electron chi connectivity index (χ0n) is 21.2. The fourth-order valence-electron chi connectivity index (χ4n) is 4.74. The van der Waals surface area contributed by atoms with Crippen molar-refractivity contribution in [1.29, 1.82) is 0 Å². The number of tetrazole rings is 1. The first-order chi connectivity index (χ1) is 18.5. The Labute approximate surface area is 218 Å². The molecule has 0 amide bonds. The highest BCUT2D eigenvalue weighted by Gasteiger charge is 2.22. The van der Waals surface area contributed by atoms with Crippen LogP contribution in [0.2, 0.25) is 0 Å². The summed E-state index contributed by atoms with van der Waals surface area (Å²) in [4.78, 5) is 30.2. The molecule has 0 aliphatic carbocycles. The molecule has 0 saturated heterocycles. The highest BCUT2D eigenvalue weighted by atomic mass is 16.4. The summed E-state index contributed by atoms with van der Waals surface area (Å²) in [5, 5.41) is 24.1. The van der Waals surface area contributed by atoms with Gasteiger partial charge in [0.05, 0.1) is 6.54 Å². The quantitative estimate of drug-likeness (QED) is 0.290. The first-order valence-corrected chi connectivity index (χ1v) is 12.5. The van der Waals surface area contributed by atoms with Gasteiger partial charge in [0.1, 0.15) is 11.4 Å². The van der Waals surface area contributed by atoms with Crippen LogP contribution >= 0.6 is 0 Å². The van der Waals surface area contributed by atoms with E-state index in [1.807, 2.05) is 37.3 Å². The van der Waals surface area contributed by atoms with E-state index >= 15 is 0 Å². The molecule has 11 nitrogen and oxygen atoms in total. The van der Waals surface area contributed by atoms with Crippen LogP contribution < -0.4 is 5.69 Å². The van der Waals surface area contributed by atoms with Crippen molar-refractivity contribution in [3.63, 3.8) is 0 Å². The average molecular weight is 513 g/mol. The topological polar surface area (TPSA) is 137 Å². The van der Waals surface area contributed by atoms with Crippen LogP contribution in [0.3, 0.4) is 0 Å². The molecule has 5 aromatic rings. The Hall–Kier alpha value is -4.80. The molecule has 0 fully saturated rings. The number of H-pyrrole nitrogens is 1. The maximum atomic E-state index is 13.9. The van der Waals surface area contributed by atoms with Gasteiger partial charge in [-0.15, -0.1) is 5.10 Å². The largest absolute Gasteiger partial charge is 0.478 e. The number of benzene rings is 1. The van der Waals surface area contributed by atoms with Crippen LogP contribution in [0.4, 0.5) is 0 Å². The molecule has 0 spiro atoms. The summed E-state index contributed by atoms with van der Waals surface area (Å²) < 4.78 is 4.95. The van der Waals surface area contributed by atoms with E-state index in [0.29, 0.717) is 24.6 Å². The number of aromatic carboxylic acids is 1. The lowest BCUT2D eigenvalue weighted by Crippen LogP contribution is -2.27. The Balaban J connectivity index is 1.64. The summed E-state index contributed by atoms with van der Waals surface area (Å²) in [6.45, 7) is 4.81. The third-order valence-electron chi connectivity index (χ3n) is 6.63. The highest BCUT2D eigenvalue weighted by Crippen LogP contribution is 2.32. The minimum absolute atomic E-state index is 0.0878. The standard InChI is InChI=1S/C27H28N8O3/c1-3-5-8-19-17-35(25-23(26(36)37)12-14-33(25)4-2)27(38)34(19)16-18-15-28-13-11-20(18)21-9-6-7-10-22(21)24-29-31-32-30-24/h6-7,9-15,17H,3-5,8,16H2,1-2H3,(H,36,37)(H,29,30,31,32). The normalized spacial score (nSPS) is 11.2. The average Bonchev–Trinajstić information content (AvgIpc) is 3.68. The van der Waals surface area contributed by atoms with Gasteiger partial charge in [0.2, 0.25) is 0 Å². The molecule has 0 unspecified atom stereocenters. The molecule has 2 N–H and O–H groups in total. The molecule has 38 heavy (non-hydrogen) atoms. The lowest BCUT2D eigenvalue weighted by Gasteiger charge is -2.14. The lowest BCUT2D eigenvalue weighted by atomic mass is 9.96. The van der Waals surface area contributed by atoms with E-state index < -0.39 is 5.97 Å². The van der Waals surface area contributed by atoms with Gasteiger partial charge in [-0.05, 0) is 59.0 Å². The van der Waals surface area contributed by atoms with Gasteiger partial charge in [0, 0.05) is 42.6 Å². The summed E-state index contributed by atoms with van der Waals surface area (Å²) >= 11 is 0. The van der Waals surface area contributed by atoms with Crippen molar-refractivity contribution in [3.05, 3.63) is 88.5 Å². The van der Waals surface area contributed by atoms with Gasteiger partial charge in [0.15, 0.2) is 5.82 Å². The molecule has 4 heterocycles. The number of carboxylic acids is 1. The summed E-state index contributed by atoms with van der Waals surface area (Å²) in [5.74, 6) is -0.178. The van der Waals surface area contributed by atoms with E-state index in [-0.39, 0.29) is 17.8 Å². The molecule has 1 aromatic carbocycles. The summed E-state index contributed by atoms with van der Waals surface area (Å²) in [7, 11) is 0. The molecule has 0 aliphatic heterocycles. The van der Waals surface area contributed by atoms with E-state index in [4.69, 9.17) is 0 Å². The fourth-order valence-corrected chi connectivity index (χ4v) is 4.74. The smallest absolute Gasteiger partial charge is 0.339 e. The first-order valence-electron chi connectivity index (χ1n) is 12.5. The highest BCUT2D eigenvalue weighted by molar-refractivity contribution is 5.91. The number of hydrogen-bond acceptors (Lipinski definition) is 6. The third-order valence-corrected chi connectivity index (χ3v) is 6.63. The molecule has 194 valence electrons. The van der Waals surface area contributed by atoms with Crippen molar-refractivity contribution >= 4 is 5.97 Å². The van der Waals surface area contributed by atoms with E-state index in [2.05, 4.69) is 32.5 Å². The van der Waals surface area contributed by atoms with Crippen LogP contribution in [0.1, 0.15) is 48.3 Å². The Morgan fingerprint density at radius 3 is 2.61 bits per heavy atom. The van der Waals surface area contributed by atoms with E-state index in [0.717, 1.165) is 40.8 Å². The second-order valence-electron chi connectivity index (χ2n) is 8.94. The summed E-state index contributed by atoms with van der Waals surface area (Å²) in [6.07, 6.45) is 9.48. The molecule has 0 aliphatic rings. The number of nitrogens with one attached hydrogen (secondary N) is 1. The number of unbranched alkanes of at least 4 members (excludes halogenated alkanes) is 1. The molecular formula is C27H28N8O3. The van der Waals surface area contributed by atoms with Crippen molar-refractivity contribution in [3.8, 4) is 28.3 Å². The van der Waals surface area contributed by atoms with Gasteiger partial charge < -0.3 is 9.67 Å². The van der Waals surface area contributed by atoms with Crippen molar-refractivity contribution in [2.24, 2.45) is 0 Å². The molecule has 4 aromatic heterocycles. The van der Waals surface area contributed by atoms with Crippen molar-refractivity contribution in [2.75, 3.05) is 0 Å². The first kappa shape index (κ1) is 24.9. The van der Waals surface area contributed by atoms with Crippen LogP contribution in [0.25, 0.3) is 28.3 Å². The molecular weight excluding hydrogens is 484 g/mol. The van der Waals surface area contributed by atoms with E-state index in [1.165, 1.54) is 10.6 Å². The number of hydrogen-bond donors (Lipinski definition) is 2. The van der Waals surface area contributed by atoms with Crippen LogP contribution in [-0.4, -0.2) is 50.4 Å². The number of aromatic nitrogens is 8.